The van der Waals surface area contributed by atoms with Gasteiger partial charge in [0.2, 0.25) is 0 Å². The van der Waals surface area contributed by atoms with Crippen molar-refractivity contribution in [2.45, 2.75) is 20.3 Å². The van der Waals surface area contributed by atoms with Crippen LogP contribution in [-0.4, -0.2) is 17.7 Å². The Balaban J connectivity index is 2.64. The summed E-state index contributed by atoms with van der Waals surface area (Å²) >= 11 is 0. The Labute approximate surface area is 98.8 Å². The molecule has 0 aliphatic heterocycles. The number of hydrogen-bond acceptors (Lipinski definition) is 4. The first kappa shape index (κ1) is 11.5. The third-order valence-electron chi connectivity index (χ3n) is 2.55. The molecule has 1 aromatic carbocycles. The summed E-state index contributed by atoms with van der Waals surface area (Å²) in [6, 6.07) is 4.69. The molecule has 1 N–H and O–H groups in total. The predicted molar refractivity (Wildman–Crippen MR) is 63.2 cm³/mol. The van der Waals surface area contributed by atoms with E-state index in [1.54, 1.807) is 13.0 Å². The van der Waals surface area contributed by atoms with Crippen molar-refractivity contribution in [1.82, 2.24) is 0 Å². The minimum atomic E-state index is -0.409. The third-order valence-corrected chi connectivity index (χ3v) is 2.55. The molecule has 0 unspecified atom stereocenters. The lowest BCUT2D eigenvalue weighted by atomic mass is 10.1. The van der Waals surface area contributed by atoms with Crippen LogP contribution in [0.25, 0.3) is 11.0 Å². The van der Waals surface area contributed by atoms with E-state index >= 15 is 0 Å². The second-order valence-corrected chi connectivity index (χ2v) is 3.65. The second-order valence-electron chi connectivity index (χ2n) is 3.65. The van der Waals surface area contributed by atoms with Crippen molar-refractivity contribution in [3.8, 4) is 5.75 Å². The van der Waals surface area contributed by atoms with Gasteiger partial charge in [-0.3, -0.25) is 0 Å². The molecule has 2 aromatic rings. The van der Waals surface area contributed by atoms with Gasteiger partial charge in [0.25, 0.3) is 0 Å². The van der Waals surface area contributed by atoms with E-state index in [2.05, 4.69) is 0 Å². The highest BCUT2D eigenvalue weighted by Crippen LogP contribution is 2.29. The molecule has 0 fully saturated rings. The molecular weight excluding hydrogens is 220 g/mol. The molecule has 0 amide bonds. The average molecular weight is 234 g/mol. The van der Waals surface area contributed by atoms with E-state index in [4.69, 9.17) is 9.15 Å². The highest BCUT2D eigenvalue weighted by molar-refractivity contribution is 6.04. The molecule has 0 aliphatic carbocycles. The van der Waals surface area contributed by atoms with Crippen molar-refractivity contribution in [3.63, 3.8) is 0 Å². The van der Waals surface area contributed by atoms with Crippen molar-refractivity contribution in [2.75, 3.05) is 6.61 Å². The number of fused-ring (bicyclic) bond motifs is 1. The Kier molecular flexibility index (Phi) is 3.04. The molecule has 0 spiro atoms. The fourth-order valence-electron chi connectivity index (χ4n) is 1.81. The van der Waals surface area contributed by atoms with Crippen LogP contribution < -0.4 is 0 Å². The summed E-state index contributed by atoms with van der Waals surface area (Å²) < 4.78 is 10.6. The third kappa shape index (κ3) is 1.98. The molecule has 1 aromatic heterocycles. The van der Waals surface area contributed by atoms with Crippen molar-refractivity contribution in [1.29, 1.82) is 0 Å². The van der Waals surface area contributed by atoms with Gasteiger partial charge in [-0.25, -0.2) is 4.79 Å². The summed E-state index contributed by atoms with van der Waals surface area (Å²) in [5.74, 6) is 0.282. The second kappa shape index (κ2) is 4.49. The van der Waals surface area contributed by atoms with E-state index in [9.17, 15) is 9.90 Å². The number of phenolic OH excluding ortho intramolecular Hbond substituents is 1. The number of carbonyl (C=O) groups excluding carboxylic acids is 1. The molecule has 17 heavy (non-hydrogen) atoms. The normalized spacial score (nSPS) is 10.7. The summed E-state index contributed by atoms with van der Waals surface area (Å²) in [6.07, 6.45) is 0.601. The maximum Gasteiger partial charge on any atom is 0.342 e. The van der Waals surface area contributed by atoms with Crippen LogP contribution >= 0.6 is 0 Å². The van der Waals surface area contributed by atoms with Crippen molar-refractivity contribution >= 4 is 16.9 Å². The smallest absolute Gasteiger partial charge is 0.342 e. The quantitative estimate of drug-likeness (QED) is 0.829. The van der Waals surface area contributed by atoms with Crippen molar-refractivity contribution < 1.29 is 19.1 Å². The molecule has 90 valence electrons. The van der Waals surface area contributed by atoms with E-state index in [-0.39, 0.29) is 5.75 Å². The van der Waals surface area contributed by atoms with Gasteiger partial charge in [-0.1, -0.05) is 6.92 Å². The van der Waals surface area contributed by atoms with Crippen LogP contribution in [0.3, 0.4) is 0 Å². The number of carbonyl (C=O) groups is 1. The number of esters is 1. The fourth-order valence-corrected chi connectivity index (χ4v) is 1.81. The summed E-state index contributed by atoms with van der Waals surface area (Å²) in [4.78, 5) is 11.8. The van der Waals surface area contributed by atoms with Crippen LogP contribution in [0, 0.1) is 0 Å². The molecule has 2 rings (SSSR count). The molecular formula is C13H14O4. The van der Waals surface area contributed by atoms with Crippen LogP contribution in [0.1, 0.15) is 30.0 Å². The lowest BCUT2D eigenvalue weighted by molar-refractivity contribution is 0.0526. The van der Waals surface area contributed by atoms with Crippen molar-refractivity contribution in [3.05, 3.63) is 29.5 Å². The van der Waals surface area contributed by atoms with Gasteiger partial charge < -0.3 is 14.3 Å². The largest absolute Gasteiger partial charge is 0.508 e. The number of aromatic hydroxyl groups is 1. The Hall–Kier alpha value is -1.97. The van der Waals surface area contributed by atoms with E-state index in [1.807, 2.05) is 6.92 Å². The van der Waals surface area contributed by atoms with Gasteiger partial charge in [-0.15, -0.1) is 0 Å². The summed E-state index contributed by atoms with van der Waals surface area (Å²) in [6.45, 7) is 3.97. The van der Waals surface area contributed by atoms with Crippen molar-refractivity contribution in [2.24, 2.45) is 0 Å². The summed E-state index contributed by atoms with van der Waals surface area (Å²) in [5, 5.41) is 10.1. The number of furan rings is 1. The number of hydrogen-bond donors (Lipinski definition) is 1. The van der Waals surface area contributed by atoms with Crippen LogP contribution in [-0.2, 0) is 11.2 Å². The minimum Gasteiger partial charge on any atom is -0.508 e. The number of ether oxygens (including phenoxy) is 1. The SMILES string of the molecule is CCOC(=O)c1c(CC)oc2ccc(O)cc12. The Bertz CT molecular complexity index is 554. The van der Waals surface area contributed by atoms with E-state index < -0.39 is 5.97 Å². The van der Waals surface area contributed by atoms with E-state index in [0.29, 0.717) is 35.3 Å². The number of benzene rings is 1. The standard InChI is InChI=1S/C13H14O4/c1-3-10-12(13(15)16-4-2)9-7-8(14)5-6-11(9)17-10/h5-7,14H,3-4H2,1-2H3. The van der Waals surface area contributed by atoms with E-state index in [1.165, 1.54) is 12.1 Å². The zero-order valence-electron chi connectivity index (χ0n) is 9.82. The topological polar surface area (TPSA) is 59.7 Å². The number of phenols is 1. The highest BCUT2D eigenvalue weighted by atomic mass is 16.5. The molecule has 0 saturated carbocycles. The van der Waals surface area contributed by atoms with Gasteiger partial charge in [-0.2, -0.15) is 0 Å². The Morgan fingerprint density at radius 3 is 2.82 bits per heavy atom. The summed E-state index contributed by atoms with van der Waals surface area (Å²) in [5.41, 5.74) is 1.00. The first-order valence-corrected chi connectivity index (χ1v) is 5.58. The van der Waals surface area contributed by atoms with Crippen LogP contribution in [0.15, 0.2) is 22.6 Å². The van der Waals surface area contributed by atoms with Gasteiger partial charge in [0, 0.05) is 11.8 Å². The van der Waals surface area contributed by atoms with Gasteiger partial charge in [0.15, 0.2) is 0 Å². The zero-order chi connectivity index (χ0) is 12.4. The lowest BCUT2D eigenvalue weighted by Crippen LogP contribution is -2.06. The fraction of sp³-hybridized carbons (Fsp3) is 0.308. The Morgan fingerprint density at radius 2 is 2.18 bits per heavy atom. The van der Waals surface area contributed by atoms with Gasteiger partial charge in [0.05, 0.1) is 6.61 Å². The maximum atomic E-state index is 11.8. The molecule has 1 heterocycles. The highest BCUT2D eigenvalue weighted by Gasteiger charge is 2.20. The van der Waals surface area contributed by atoms with Crippen LogP contribution in [0.2, 0.25) is 0 Å². The summed E-state index contributed by atoms with van der Waals surface area (Å²) in [7, 11) is 0. The minimum absolute atomic E-state index is 0.103. The number of aryl methyl sites for hydroxylation is 1. The average Bonchev–Trinajstić information content (AvgIpc) is 2.66. The maximum absolute atomic E-state index is 11.8. The molecule has 0 saturated heterocycles. The van der Waals surface area contributed by atoms with Crippen LogP contribution in [0.4, 0.5) is 0 Å². The lowest BCUT2D eigenvalue weighted by Gasteiger charge is -2.01. The monoisotopic (exact) mass is 234 g/mol. The number of rotatable bonds is 3. The van der Waals surface area contributed by atoms with Gasteiger partial charge in [-0.05, 0) is 25.1 Å². The van der Waals surface area contributed by atoms with Crippen LogP contribution in [0.5, 0.6) is 5.75 Å². The molecule has 4 nitrogen and oxygen atoms in total. The van der Waals surface area contributed by atoms with Gasteiger partial charge in [0.1, 0.15) is 22.7 Å². The van der Waals surface area contributed by atoms with Gasteiger partial charge >= 0.3 is 5.97 Å². The molecule has 0 atom stereocenters. The zero-order valence-corrected chi connectivity index (χ0v) is 9.82. The molecule has 0 aliphatic rings. The first-order chi connectivity index (χ1) is 8.17. The molecule has 0 radical (unpaired) electrons. The molecule has 0 bridgehead atoms. The van der Waals surface area contributed by atoms with E-state index in [0.717, 1.165) is 0 Å². The Morgan fingerprint density at radius 1 is 1.41 bits per heavy atom. The first-order valence-electron chi connectivity index (χ1n) is 5.58. The molecule has 4 heteroatoms. The predicted octanol–water partition coefficient (Wildman–Crippen LogP) is 2.88.